The average molecular weight is 458 g/mol. The lowest BCUT2D eigenvalue weighted by atomic mass is 9.97. The molecule has 1 N–H and O–H groups in total. The number of pyridine rings is 1. The smallest absolute Gasteiger partial charge is 0.350 e. The molecule has 1 aliphatic heterocycles. The number of aryl methyl sites for hydroxylation is 1. The van der Waals surface area contributed by atoms with Gasteiger partial charge >= 0.3 is 5.69 Å². The molecule has 0 aliphatic carbocycles. The van der Waals surface area contributed by atoms with Crippen LogP contribution in [0.2, 0.25) is 0 Å². The van der Waals surface area contributed by atoms with Crippen molar-refractivity contribution in [3.63, 3.8) is 0 Å². The fourth-order valence-corrected chi connectivity index (χ4v) is 5.53. The summed E-state index contributed by atoms with van der Waals surface area (Å²) in [7, 11) is -3.39. The number of carbonyl (C=O) groups is 1. The second kappa shape index (κ2) is 9.66. The molecule has 0 unspecified atom stereocenters. The molecule has 0 radical (unpaired) electrons. The van der Waals surface area contributed by atoms with E-state index in [0.717, 1.165) is 5.56 Å². The van der Waals surface area contributed by atoms with E-state index in [4.69, 9.17) is 0 Å². The van der Waals surface area contributed by atoms with Crippen molar-refractivity contribution in [2.45, 2.75) is 31.6 Å². The first-order valence-corrected chi connectivity index (χ1v) is 12.4. The van der Waals surface area contributed by atoms with Crippen LogP contribution in [-0.2, 0) is 27.1 Å². The number of piperidine rings is 1. The highest BCUT2D eigenvalue weighted by Crippen LogP contribution is 2.21. The van der Waals surface area contributed by atoms with Crippen molar-refractivity contribution in [1.82, 2.24) is 23.8 Å². The Labute approximate surface area is 186 Å². The van der Waals surface area contributed by atoms with Gasteiger partial charge in [-0.15, -0.1) is 5.10 Å². The first-order chi connectivity index (χ1) is 15.4. The van der Waals surface area contributed by atoms with Crippen molar-refractivity contribution in [3.8, 4) is 0 Å². The van der Waals surface area contributed by atoms with Crippen molar-refractivity contribution in [3.05, 3.63) is 70.8 Å². The fraction of sp³-hybridized carbons (Fsp3) is 0.409. The minimum atomic E-state index is -3.39. The van der Waals surface area contributed by atoms with Gasteiger partial charge in [0.1, 0.15) is 0 Å². The van der Waals surface area contributed by atoms with Gasteiger partial charge in [0.2, 0.25) is 15.9 Å². The van der Waals surface area contributed by atoms with Crippen LogP contribution in [0.4, 0.5) is 0 Å². The van der Waals surface area contributed by atoms with Crippen LogP contribution in [-0.4, -0.2) is 52.4 Å². The molecule has 32 heavy (non-hydrogen) atoms. The number of aromatic nitrogens is 3. The van der Waals surface area contributed by atoms with E-state index in [2.05, 4.69) is 10.4 Å². The summed E-state index contributed by atoms with van der Waals surface area (Å²) in [5.74, 6) is -0.281. The van der Waals surface area contributed by atoms with Gasteiger partial charge in [0, 0.05) is 38.3 Å². The molecular weight excluding hydrogens is 430 g/mol. The normalized spacial score (nSPS) is 15.8. The lowest BCUT2D eigenvalue weighted by Crippen LogP contribution is -2.43. The number of hydrogen-bond acceptors (Lipinski definition) is 5. The molecule has 2 aromatic heterocycles. The maximum Gasteiger partial charge on any atom is 0.350 e. The highest BCUT2D eigenvalue weighted by atomic mass is 32.2. The Morgan fingerprint density at radius 1 is 1.06 bits per heavy atom. The molecule has 0 saturated carbocycles. The number of rotatable bonds is 8. The largest absolute Gasteiger partial charge is 0.356 e. The van der Waals surface area contributed by atoms with Crippen molar-refractivity contribution in [2.24, 2.45) is 5.92 Å². The monoisotopic (exact) mass is 457 g/mol. The van der Waals surface area contributed by atoms with Gasteiger partial charge in [-0.1, -0.05) is 36.4 Å². The number of hydrogen-bond donors (Lipinski definition) is 1. The Hall–Kier alpha value is -2.98. The van der Waals surface area contributed by atoms with Gasteiger partial charge in [-0.2, -0.15) is 0 Å². The van der Waals surface area contributed by atoms with Crippen LogP contribution < -0.4 is 11.0 Å². The second-order valence-electron chi connectivity index (χ2n) is 7.99. The Morgan fingerprint density at radius 2 is 1.78 bits per heavy atom. The predicted molar refractivity (Wildman–Crippen MR) is 120 cm³/mol. The molecule has 9 nitrogen and oxygen atoms in total. The van der Waals surface area contributed by atoms with Gasteiger partial charge in [-0.3, -0.25) is 9.20 Å². The molecule has 0 spiro atoms. The summed E-state index contributed by atoms with van der Waals surface area (Å²) in [6, 6.07) is 14.5. The molecule has 0 atom stereocenters. The third-order valence-corrected chi connectivity index (χ3v) is 7.59. The SMILES string of the molecule is O=C(NCCCn1nc2ccccn2c1=O)C1CCN(S(=O)(=O)Cc2ccccc2)CC1. The lowest BCUT2D eigenvalue weighted by Gasteiger charge is -2.30. The minimum absolute atomic E-state index is 0.0207. The average Bonchev–Trinajstić information content (AvgIpc) is 3.13. The topological polar surface area (TPSA) is 106 Å². The quantitative estimate of drug-likeness (QED) is 0.513. The Morgan fingerprint density at radius 3 is 2.50 bits per heavy atom. The zero-order chi connectivity index (χ0) is 22.6. The van der Waals surface area contributed by atoms with Crippen molar-refractivity contribution in [1.29, 1.82) is 0 Å². The fourth-order valence-electron chi connectivity index (χ4n) is 3.97. The number of amides is 1. The molecule has 0 bridgehead atoms. The first-order valence-electron chi connectivity index (χ1n) is 10.8. The van der Waals surface area contributed by atoms with E-state index >= 15 is 0 Å². The third kappa shape index (κ3) is 5.08. The molecule has 1 aromatic carbocycles. The zero-order valence-electron chi connectivity index (χ0n) is 17.8. The summed E-state index contributed by atoms with van der Waals surface area (Å²) in [5.41, 5.74) is 1.16. The summed E-state index contributed by atoms with van der Waals surface area (Å²) in [4.78, 5) is 24.8. The lowest BCUT2D eigenvalue weighted by molar-refractivity contribution is -0.126. The maximum atomic E-state index is 12.7. The Balaban J connectivity index is 1.21. The molecule has 1 aliphatic rings. The number of carbonyl (C=O) groups excluding carboxylic acids is 1. The molecule has 4 rings (SSSR count). The van der Waals surface area contributed by atoms with Crippen LogP contribution in [0.15, 0.2) is 59.5 Å². The summed E-state index contributed by atoms with van der Waals surface area (Å²) >= 11 is 0. The molecule has 1 saturated heterocycles. The van der Waals surface area contributed by atoms with Gasteiger partial charge < -0.3 is 5.32 Å². The van der Waals surface area contributed by atoms with E-state index in [9.17, 15) is 18.0 Å². The Bertz CT molecular complexity index is 1230. The molecule has 3 heterocycles. The second-order valence-corrected chi connectivity index (χ2v) is 9.96. The summed E-state index contributed by atoms with van der Waals surface area (Å²) in [6.07, 6.45) is 3.27. The zero-order valence-corrected chi connectivity index (χ0v) is 18.6. The molecule has 1 amide bonds. The summed E-state index contributed by atoms with van der Waals surface area (Å²) < 4.78 is 29.7. The number of benzene rings is 1. The van der Waals surface area contributed by atoms with Gasteiger partial charge in [-0.25, -0.2) is 22.2 Å². The van der Waals surface area contributed by atoms with E-state index in [1.165, 1.54) is 13.4 Å². The van der Waals surface area contributed by atoms with Gasteiger partial charge in [0.05, 0.1) is 5.75 Å². The minimum Gasteiger partial charge on any atom is -0.356 e. The van der Waals surface area contributed by atoms with Crippen LogP contribution in [0.1, 0.15) is 24.8 Å². The van der Waals surface area contributed by atoms with Crippen LogP contribution in [0.25, 0.3) is 5.65 Å². The summed E-state index contributed by atoms with van der Waals surface area (Å²) in [5, 5.41) is 7.18. The van der Waals surface area contributed by atoms with Crippen molar-refractivity contribution in [2.75, 3.05) is 19.6 Å². The van der Waals surface area contributed by atoms with E-state index < -0.39 is 10.0 Å². The van der Waals surface area contributed by atoms with Crippen LogP contribution >= 0.6 is 0 Å². The van der Waals surface area contributed by atoms with E-state index in [1.54, 1.807) is 30.5 Å². The van der Waals surface area contributed by atoms with E-state index in [1.807, 2.05) is 24.3 Å². The van der Waals surface area contributed by atoms with Crippen LogP contribution in [0.3, 0.4) is 0 Å². The molecule has 10 heteroatoms. The molecule has 1 fully saturated rings. The van der Waals surface area contributed by atoms with Crippen molar-refractivity contribution < 1.29 is 13.2 Å². The Kier molecular flexibility index (Phi) is 6.71. The third-order valence-electron chi connectivity index (χ3n) is 5.74. The van der Waals surface area contributed by atoms with Crippen LogP contribution in [0.5, 0.6) is 0 Å². The van der Waals surface area contributed by atoms with E-state index in [-0.39, 0.29) is 23.3 Å². The predicted octanol–water partition coefficient (Wildman–Crippen LogP) is 1.24. The molecular formula is C22H27N5O4S. The van der Waals surface area contributed by atoms with Gasteiger partial charge in [0.25, 0.3) is 0 Å². The number of nitrogens with zero attached hydrogens (tertiary/aromatic N) is 4. The first kappa shape index (κ1) is 22.2. The molecule has 170 valence electrons. The highest BCUT2D eigenvalue weighted by Gasteiger charge is 2.31. The number of fused-ring (bicyclic) bond motifs is 1. The molecule has 3 aromatic rings. The van der Waals surface area contributed by atoms with Crippen molar-refractivity contribution >= 4 is 21.6 Å². The number of sulfonamides is 1. The number of nitrogens with one attached hydrogen (secondary N) is 1. The van der Waals surface area contributed by atoms with Crippen LogP contribution in [0, 0.1) is 5.92 Å². The highest BCUT2D eigenvalue weighted by molar-refractivity contribution is 7.88. The maximum absolute atomic E-state index is 12.7. The van der Waals surface area contributed by atoms with Gasteiger partial charge in [-0.05, 0) is 37.0 Å². The standard InChI is InChI=1S/C22H27N5O4S/c28-21(23-12-6-14-27-22(29)26-13-5-4-9-20(26)24-27)19-10-15-25(16-11-19)32(30,31)17-18-7-2-1-3-8-18/h1-5,7-9,13,19H,6,10-12,14-17H2,(H,23,28). The van der Waals surface area contributed by atoms with Gasteiger partial charge in [0.15, 0.2) is 5.65 Å². The summed E-state index contributed by atoms with van der Waals surface area (Å²) in [6.45, 7) is 1.55. The van der Waals surface area contributed by atoms with E-state index in [0.29, 0.717) is 51.1 Å².